The molecule has 1 rings (SSSR count). The highest BCUT2D eigenvalue weighted by molar-refractivity contribution is 5.43. The lowest BCUT2D eigenvalue weighted by atomic mass is 9.90. The summed E-state index contributed by atoms with van der Waals surface area (Å²) in [5, 5.41) is 3.25. The van der Waals surface area contributed by atoms with Gasteiger partial charge in [0.2, 0.25) is 0 Å². The van der Waals surface area contributed by atoms with Gasteiger partial charge < -0.3 is 15.8 Å². The summed E-state index contributed by atoms with van der Waals surface area (Å²) in [7, 11) is 1.72. The summed E-state index contributed by atoms with van der Waals surface area (Å²) < 4.78 is 5.08. The number of rotatable bonds is 6. The molecule has 0 amide bonds. The number of nitrogens with zero attached hydrogens (tertiary/aromatic N) is 2. The summed E-state index contributed by atoms with van der Waals surface area (Å²) in [6.07, 6.45) is 2.46. The average molecular weight is 224 g/mol. The Morgan fingerprint density at radius 1 is 1.44 bits per heavy atom. The van der Waals surface area contributed by atoms with Gasteiger partial charge in [0.25, 0.3) is 0 Å². The van der Waals surface area contributed by atoms with Crippen LogP contribution in [0.3, 0.4) is 0 Å². The highest BCUT2D eigenvalue weighted by Crippen LogP contribution is 2.20. The van der Waals surface area contributed by atoms with Crippen molar-refractivity contribution < 1.29 is 4.74 Å². The van der Waals surface area contributed by atoms with Crippen LogP contribution in [0.25, 0.3) is 0 Å². The second kappa shape index (κ2) is 5.65. The molecule has 1 aromatic rings. The minimum Gasteiger partial charge on any atom is -0.385 e. The Bertz CT molecular complexity index is 328. The highest BCUT2D eigenvalue weighted by Gasteiger charge is 2.17. The zero-order valence-corrected chi connectivity index (χ0v) is 10.2. The Kier molecular flexibility index (Phi) is 4.49. The van der Waals surface area contributed by atoms with Gasteiger partial charge in [-0.2, -0.15) is 0 Å². The topological polar surface area (TPSA) is 73.1 Å². The maximum Gasteiger partial charge on any atom is 0.131 e. The third-order valence-corrected chi connectivity index (χ3v) is 2.42. The van der Waals surface area contributed by atoms with Gasteiger partial charge in [-0.1, -0.05) is 13.8 Å². The minimum absolute atomic E-state index is 0.162. The predicted octanol–water partition coefficient (Wildman–Crippen LogP) is 1.53. The van der Waals surface area contributed by atoms with Crippen molar-refractivity contribution in [3.63, 3.8) is 0 Å². The van der Waals surface area contributed by atoms with Crippen LogP contribution in [0.4, 0.5) is 11.6 Å². The molecule has 0 saturated carbocycles. The van der Waals surface area contributed by atoms with E-state index in [1.807, 2.05) is 0 Å². The van der Waals surface area contributed by atoms with Gasteiger partial charge in [-0.05, 0) is 11.8 Å². The first-order chi connectivity index (χ1) is 7.53. The molecule has 0 radical (unpaired) electrons. The van der Waals surface area contributed by atoms with Crippen molar-refractivity contribution in [2.24, 2.45) is 5.41 Å². The maximum atomic E-state index is 5.57. The van der Waals surface area contributed by atoms with Gasteiger partial charge in [0, 0.05) is 26.3 Å². The molecule has 3 N–H and O–H groups in total. The minimum atomic E-state index is 0.162. The van der Waals surface area contributed by atoms with E-state index in [2.05, 4.69) is 29.1 Å². The molecule has 0 aromatic carbocycles. The second-order valence-corrected chi connectivity index (χ2v) is 4.59. The molecule has 0 aliphatic heterocycles. The third-order valence-electron chi connectivity index (χ3n) is 2.42. The molecule has 0 bridgehead atoms. The standard InChI is InChI=1S/C11H20N4O/c1-11(2,4-5-16-3)7-13-10-6-9(12)14-8-15-10/h6,8H,4-5,7H2,1-3H3,(H3,12,13,14,15). The van der Waals surface area contributed by atoms with Gasteiger partial charge in [-0.15, -0.1) is 0 Å². The number of nitrogens with two attached hydrogens (primary N) is 1. The van der Waals surface area contributed by atoms with E-state index in [-0.39, 0.29) is 5.41 Å². The Labute approximate surface area is 96.4 Å². The number of nitrogen functional groups attached to an aromatic ring is 1. The fraction of sp³-hybridized carbons (Fsp3) is 0.636. The van der Waals surface area contributed by atoms with Crippen LogP contribution in [0.5, 0.6) is 0 Å². The summed E-state index contributed by atoms with van der Waals surface area (Å²) in [5.74, 6) is 1.24. The van der Waals surface area contributed by atoms with E-state index in [9.17, 15) is 0 Å². The number of hydrogen-bond acceptors (Lipinski definition) is 5. The first kappa shape index (κ1) is 12.7. The average Bonchev–Trinajstić information content (AvgIpc) is 2.24. The maximum absolute atomic E-state index is 5.57. The van der Waals surface area contributed by atoms with Gasteiger partial charge in [-0.3, -0.25) is 0 Å². The van der Waals surface area contributed by atoms with E-state index in [0.717, 1.165) is 25.4 Å². The fourth-order valence-electron chi connectivity index (χ4n) is 1.27. The Hall–Kier alpha value is -1.36. The van der Waals surface area contributed by atoms with Crippen molar-refractivity contribution in [1.82, 2.24) is 9.97 Å². The Balaban J connectivity index is 2.44. The van der Waals surface area contributed by atoms with Gasteiger partial charge in [0.15, 0.2) is 0 Å². The molecule has 0 unspecified atom stereocenters. The predicted molar refractivity (Wildman–Crippen MR) is 65.2 cm³/mol. The molecule has 0 aliphatic carbocycles. The van der Waals surface area contributed by atoms with Crippen molar-refractivity contribution in [2.75, 3.05) is 31.3 Å². The van der Waals surface area contributed by atoms with E-state index >= 15 is 0 Å². The summed E-state index contributed by atoms with van der Waals surface area (Å²) in [5.41, 5.74) is 5.73. The second-order valence-electron chi connectivity index (χ2n) is 4.59. The number of anilines is 2. The zero-order chi connectivity index (χ0) is 12.0. The Morgan fingerprint density at radius 2 is 2.19 bits per heavy atom. The van der Waals surface area contributed by atoms with Crippen LogP contribution >= 0.6 is 0 Å². The molecule has 1 aromatic heterocycles. The molecule has 5 heteroatoms. The molecule has 0 atom stereocenters. The smallest absolute Gasteiger partial charge is 0.131 e. The summed E-state index contributed by atoms with van der Waals surface area (Å²) in [4.78, 5) is 7.93. The van der Waals surface area contributed by atoms with Gasteiger partial charge in [0.05, 0.1) is 0 Å². The van der Waals surface area contributed by atoms with Crippen molar-refractivity contribution in [1.29, 1.82) is 0 Å². The first-order valence-corrected chi connectivity index (χ1v) is 5.34. The monoisotopic (exact) mass is 224 g/mol. The molecule has 0 saturated heterocycles. The van der Waals surface area contributed by atoms with Gasteiger partial charge >= 0.3 is 0 Å². The van der Waals surface area contributed by atoms with E-state index in [1.54, 1.807) is 13.2 Å². The van der Waals surface area contributed by atoms with E-state index in [4.69, 9.17) is 10.5 Å². The normalized spacial score (nSPS) is 11.4. The van der Waals surface area contributed by atoms with Crippen LogP contribution < -0.4 is 11.1 Å². The molecule has 90 valence electrons. The van der Waals surface area contributed by atoms with Crippen molar-refractivity contribution in [2.45, 2.75) is 20.3 Å². The SMILES string of the molecule is COCCC(C)(C)CNc1cc(N)ncn1. The van der Waals surface area contributed by atoms with Gasteiger partial charge in [0.1, 0.15) is 18.0 Å². The van der Waals surface area contributed by atoms with Crippen molar-refractivity contribution in [3.05, 3.63) is 12.4 Å². The number of nitrogens with one attached hydrogen (secondary N) is 1. The van der Waals surface area contributed by atoms with E-state index < -0.39 is 0 Å². The van der Waals surface area contributed by atoms with Crippen molar-refractivity contribution in [3.8, 4) is 0 Å². The molecule has 5 nitrogen and oxygen atoms in total. The third kappa shape index (κ3) is 4.44. The molecular formula is C11H20N4O. The molecule has 16 heavy (non-hydrogen) atoms. The van der Waals surface area contributed by atoms with Crippen LogP contribution in [0, 0.1) is 5.41 Å². The molecule has 1 heterocycles. The van der Waals surface area contributed by atoms with Crippen LogP contribution in [0.1, 0.15) is 20.3 Å². The molecule has 0 aliphatic rings. The number of methoxy groups -OCH3 is 1. The van der Waals surface area contributed by atoms with Crippen molar-refractivity contribution >= 4 is 11.6 Å². The first-order valence-electron chi connectivity index (χ1n) is 5.34. The fourth-order valence-corrected chi connectivity index (χ4v) is 1.27. The number of aromatic nitrogens is 2. The van der Waals surface area contributed by atoms with Crippen LogP contribution in [-0.2, 0) is 4.74 Å². The lowest BCUT2D eigenvalue weighted by molar-refractivity contribution is 0.157. The lowest BCUT2D eigenvalue weighted by Gasteiger charge is -2.24. The number of ether oxygens (including phenoxy) is 1. The Morgan fingerprint density at radius 3 is 2.81 bits per heavy atom. The summed E-state index contributed by atoms with van der Waals surface area (Å²) in [6.45, 7) is 5.96. The largest absolute Gasteiger partial charge is 0.385 e. The van der Waals surface area contributed by atoms with E-state index in [1.165, 1.54) is 6.33 Å². The van der Waals surface area contributed by atoms with Crippen LogP contribution in [0.2, 0.25) is 0 Å². The van der Waals surface area contributed by atoms with Crippen LogP contribution in [-0.4, -0.2) is 30.2 Å². The lowest BCUT2D eigenvalue weighted by Crippen LogP contribution is -2.25. The van der Waals surface area contributed by atoms with E-state index in [0.29, 0.717) is 5.82 Å². The molecule has 0 spiro atoms. The summed E-state index contributed by atoms with van der Waals surface area (Å²) >= 11 is 0. The molecule has 0 fully saturated rings. The molecular weight excluding hydrogens is 204 g/mol. The summed E-state index contributed by atoms with van der Waals surface area (Å²) in [6, 6.07) is 1.73. The highest BCUT2D eigenvalue weighted by atomic mass is 16.5. The quantitative estimate of drug-likeness (QED) is 0.766. The van der Waals surface area contributed by atoms with Crippen LogP contribution in [0.15, 0.2) is 12.4 Å². The van der Waals surface area contributed by atoms with Gasteiger partial charge in [-0.25, -0.2) is 9.97 Å². The number of hydrogen-bond donors (Lipinski definition) is 2. The zero-order valence-electron chi connectivity index (χ0n) is 10.2.